The minimum Gasteiger partial charge on any atom is -0.593 e. The van der Waals surface area contributed by atoms with E-state index >= 15 is 0 Å². The topological polar surface area (TPSA) is 76.2 Å². The molecule has 0 aromatic heterocycles. The van der Waals surface area contributed by atoms with E-state index in [9.17, 15) is 9.35 Å². The van der Waals surface area contributed by atoms with Crippen LogP contribution < -0.4 is 15.6 Å². The molecular weight excluding hydrogens is 178 g/mol. The van der Waals surface area contributed by atoms with E-state index in [1.54, 1.807) is 0 Å². The maximum Gasteiger partial charge on any atom is 0.261 e. The van der Waals surface area contributed by atoms with Gasteiger partial charge in [-0.05, 0) is 0 Å². The Morgan fingerprint density at radius 1 is 1.42 bits per heavy atom. The summed E-state index contributed by atoms with van der Waals surface area (Å²) in [5, 5.41) is 0.0731. The van der Waals surface area contributed by atoms with Gasteiger partial charge in [0.05, 0.1) is 17.9 Å². The molecule has 0 aliphatic carbocycles. The van der Waals surface area contributed by atoms with Gasteiger partial charge in [0.2, 0.25) is 0 Å². The van der Waals surface area contributed by atoms with Crippen LogP contribution in [-0.2, 0) is 16.2 Å². The van der Waals surface area contributed by atoms with E-state index in [1.807, 2.05) is 0 Å². The zero-order valence-electron chi connectivity index (χ0n) is 6.50. The van der Waals surface area contributed by atoms with E-state index in [4.69, 9.17) is 0 Å². The number of fused-ring (bicyclic) bond motifs is 1. The van der Waals surface area contributed by atoms with Crippen molar-refractivity contribution in [1.82, 2.24) is 15.6 Å². The van der Waals surface area contributed by atoms with Crippen molar-refractivity contribution in [2.75, 3.05) is 13.1 Å². The summed E-state index contributed by atoms with van der Waals surface area (Å²) in [5.74, 6) is 0.124. The van der Waals surface area contributed by atoms with E-state index in [1.165, 1.54) is 0 Å². The molecule has 5 nitrogen and oxygen atoms in total. The van der Waals surface area contributed by atoms with Crippen molar-refractivity contribution in [2.24, 2.45) is 5.92 Å². The van der Waals surface area contributed by atoms with Crippen LogP contribution in [0.5, 0.6) is 0 Å². The number of hydrogen-bond donors (Lipinski definition) is 3. The molecular formula is C6H11N3O2S. The molecule has 6 heteroatoms. The van der Waals surface area contributed by atoms with Gasteiger partial charge < -0.3 is 4.55 Å². The highest BCUT2D eigenvalue weighted by atomic mass is 32.2. The molecule has 0 radical (unpaired) electrons. The highest BCUT2D eigenvalue weighted by Gasteiger charge is 2.41. The summed E-state index contributed by atoms with van der Waals surface area (Å²) < 4.78 is 13.8. The Balaban J connectivity index is 2.06. The molecule has 12 heavy (non-hydrogen) atoms. The fourth-order valence-electron chi connectivity index (χ4n) is 1.60. The molecule has 0 bridgehead atoms. The number of carbonyl (C=O) groups is 1. The van der Waals surface area contributed by atoms with Gasteiger partial charge in [-0.15, -0.1) is 0 Å². The summed E-state index contributed by atoms with van der Waals surface area (Å²) in [7, 11) is 0. The zero-order valence-corrected chi connectivity index (χ0v) is 7.32. The third-order valence-corrected chi connectivity index (χ3v) is 3.79. The van der Waals surface area contributed by atoms with Crippen LogP contribution in [0.15, 0.2) is 0 Å². The minimum absolute atomic E-state index is 0.0731. The molecule has 2 aliphatic rings. The molecule has 0 spiro atoms. The summed E-state index contributed by atoms with van der Waals surface area (Å²) >= 11 is -1.19. The molecule has 2 rings (SSSR count). The van der Waals surface area contributed by atoms with Crippen LogP contribution in [0.3, 0.4) is 0 Å². The van der Waals surface area contributed by atoms with Crippen LogP contribution in [0, 0.1) is 5.92 Å². The number of rotatable bonds is 0. The second kappa shape index (κ2) is 3.21. The predicted molar refractivity (Wildman–Crippen MR) is 44.2 cm³/mol. The van der Waals surface area contributed by atoms with Gasteiger partial charge in [-0.2, -0.15) is 4.72 Å². The third kappa shape index (κ3) is 1.42. The Bertz CT molecular complexity index is 201. The average molecular weight is 189 g/mol. The standard InChI is InChI=1S/C6H11N3O2S/c10-6-1-4-2-7-8-3-5(4)12(11)9-6/h4-5,7-8H,1-3H2,(H,9,10). The lowest BCUT2D eigenvalue weighted by Gasteiger charge is -2.35. The molecule has 68 valence electrons. The Morgan fingerprint density at radius 2 is 2.17 bits per heavy atom. The van der Waals surface area contributed by atoms with Gasteiger partial charge in [0, 0.05) is 18.9 Å². The normalized spacial score (nSPS) is 41.8. The number of amides is 1. The Hall–Kier alpha value is -0.300. The maximum atomic E-state index is 11.4. The summed E-state index contributed by atoms with van der Waals surface area (Å²) in [6.45, 7) is 1.39. The molecule has 2 fully saturated rings. The van der Waals surface area contributed by atoms with Crippen LogP contribution in [0.25, 0.3) is 0 Å². The van der Waals surface area contributed by atoms with Gasteiger partial charge in [0.15, 0.2) is 5.25 Å². The van der Waals surface area contributed by atoms with Gasteiger partial charge in [0.25, 0.3) is 5.91 Å². The first kappa shape index (κ1) is 8.31. The average Bonchev–Trinajstić information content (AvgIpc) is 2.04. The van der Waals surface area contributed by atoms with Gasteiger partial charge >= 0.3 is 0 Å². The highest BCUT2D eigenvalue weighted by Crippen LogP contribution is 2.21. The fraction of sp³-hybridized carbons (Fsp3) is 0.833. The molecule has 0 aromatic rings. The van der Waals surface area contributed by atoms with E-state index in [-0.39, 0.29) is 17.1 Å². The van der Waals surface area contributed by atoms with Gasteiger partial charge in [0.1, 0.15) is 0 Å². The lowest BCUT2D eigenvalue weighted by atomic mass is 9.99. The van der Waals surface area contributed by atoms with Gasteiger partial charge in [-0.25, -0.2) is 0 Å². The van der Waals surface area contributed by atoms with Crippen LogP contribution in [0.2, 0.25) is 0 Å². The van der Waals surface area contributed by atoms with Crippen molar-refractivity contribution in [2.45, 2.75) is 11.7 Å². The smallest absolute Gasteiger partial charge is 0.261 e. The van der Waals surface area contributed by atoms with Crippen LogP contribution >= 0.6 is 0 Å². The van der Waals surface area contributed by atoms with Gasteiger partial charge in [-0.3, -0.25) is 15.6 Å². The highest BCUT2D eigenvalue weighted by molar-refractivity contribution is 7.90. The minimum atomic E-state index is -1.19. The molecule has 0 saturated carbocycles. The van der Waals surface area contributed by atoms with Crippen molar-refractivity contribution in [3.05, 3.63) is 0 Å². The van der Waals surface area contributed by atoms with Crippen molar-refractivity contribution >= 4 is 17.3 Å². The van der Waals surface area contributed by atoms with Crippen molar-refractivity contribution in [1.29, 1.82) is 0 Å². The van der Waals surface area contributed by atoms with Crippen LogP contribution in [-0.4, -0.2) is 28.8 Å². The quantitative estimate of drug-likeness (QED) is 0.395. The fourth-order valence-corrected chi connectivity index (χ4v) is 2.83. The second-order valence-electron chi connectivity index (χ2n) is 3.09. The number of nitrogens with one attached hydrogen (secondary N) is 3. The lowest BCUT2D eigenvalue weighted by Crippen LogP contribution is -2.60. The van der Waals surface area contributed by atoms with Crippen molar-refractivity contribution in [3.8, 4) is 0 Å². The largest absolute Gasteiger partial charge is 0.593 e. The molecule has 3 atom stereocenters. The van der Waals surface area contributed by atoms with E-state index in [2.05, 4.69) is 15.6 Å². The maximum absolute atomic E-state index is 11.4. The first-order valence-corrected chi connectivity index (χ1v) is 5.14. The summed E-state index contributed by atoms with van der Waals surface area (Å²) in [6, 6.07) is 0. The Labute approximate surface area is 73.6 Å². The molecule has 0 aromatic carbocycles. The van der Waals surface area contributed by atoms with Crippen LogP contribution in [0.4, 0.5) is 0 Å². The molecule has 2 saturated heterocycles. The summed E-state index contributed by atoms with van der Waals surface area (Å²) in [5.41, 5.74) is 5.90. The summed E-state index contributed by atoms with van der Waals surface area (Å²) in [4.78, 5) is 11.0. The molecule has 3 N–H and O–H groups in total. The number of hydrogen-bond acceptors (Lipinski definition) is 4. The van der Waals surface area contributed by atoms with E-state index in [0.29, 0.717) is 13.0 Å². The first-order chi connectivity index (χ1) is 5.77. The number of hydrazine groups is 1. The monoisotopic (exact) mass is 189 g/mol. The summed E-state index contributed by atoms with van der Waals surface area (Å²) in [6.07, 6.45) is 0.491. The Morgan fingerprint density at radius 3 is 3.00 bits per heavy atom. The lowest BCUT2D eigenvalue weighted by molar-refractivity contribution is -0.120. The Kier molecular flexibility index (Phi) is 2.22. The molecule has 2 heterocycles. The number of carbonyl (C=O) groups excluding carboxylic acids is 1. The zero-order chi connectivity index (χ0) is 8.55. The predicted octanol–water partition coefficient (Wildman–Crippen LogP) is -1.74. The second-order valence-corrected chi connectivity index (χ2v) is 4.49. The first-order valence-electron chi connectivity index (χ1n) is 3.93. The van der Waals surface area contributed by atoms with Crippen molar-refractivity contribution in [3.63, 3.8) is 0 Å². The van der Waals surface area contributed by atoms with Crippen LogP contribution in [0.1, 0.15) is 6.42 Å². The molecule has 1 amide bonds. The SMILES string of the molecule is O=C1CC2CNNCC2[S+]([O-])N1. The van der Waals surface area contributed by atoms with Gasteiger partial charge in [-0.1, -0.05) is 0 Å². The molecule has 3 unspecified atom stereocenters. The van der Waals surface area contributed by atoms with E-state index in [0.717, 1.165) is 6.54 Å². The van der Waals surface area contributed by atoms with Crippen molar-refractivity contribution < 1.29 is 9.35 Å². The third-order valence-electron chi connectivity index (χ3n) is 2.26. The molecule has 2 aliphatic heterocycles. The van der Waals surface area contributed by atoms with E-state index < -0.39 is 11.4 Å².